The molecule has 0 spiro atoms. The number of aromatic nitrogens is 2. The van der Waals surface area contributed by atoms with Gasteiger partial charge in [-0.25, -0.2) is 4.98 Å². The minimum atomic E-state index is -3.16. The number of para-hydroxylation sites is 3. The van der Waals surface area contributed by atoms with E-state index in [1.54, 1.807) is 19.9 Å². The van der Waals surface area contributed by atoms with E-state index in [0.29, 0.717) is 45.4 Å². The van der Waals surface area contributed by atoms with Crippen LogP contribution >= 0.6 is 0 Å². The van der Waals surface area contributed by atoms with Crippen molar-refractivity contribution in [2.45, 2.75) is 105 Å². The predicted molar refractivity (Wildman–Crippen MR) is 318 cm³/mol. The number of nitrogens with zero attached hydrogens (tertiary/aromatic N) is 4. The minimum Gasteiger partial charge on any atom is -0.509 e. The fraction of sp³-hybridized carbons (Fsp3) is 0.239. The van der Waals surface area contributed by atoms with Crippen LogP contribution < -0.4 is 14.5 Å². The Morgan fingerprint density at radius 1 is 0.688 bits per heavy atom. The molecule has 0 bridgehead atoms. The van der Waals surface area contributed by atoms with Gasteiger partial charge >= 0.3 is 0 Å². The van der Waals surface area contributed by atoms with Crippen molar-refractivity contribution in [2.75, 3.05) is 9.80 Å². The van der Waals surface area contributed by atoms with Gasteiger partial charge in [0.05, 0.1) is 11.0 Å². The van der Waals surface area contributed by atoms with E-state index in [-0.39, 0.29) is 54.0 Å². The zero-order valence-electron chi connectivity index (χ0n) is 57.7. The molecule has 0 amide bonds. The first-order chi connectivity index (χ1) is 41.8. The van der Waals surface area contributed by atoms with E-state index < -0.39 is 84.2 Å². The molecule has 2 aliphatic rings. The van der Waals surface area contributed by atoms with Gasteiger partial charge in [0.25, 0.3) is 0 Å². The summed E-state index contributed by atoms with van der Waals surface area (Å²) in [6, 6.07) is 40.2. The molecule has 0 saturated heterocycles. The molecule has 0 radical (unpaired) electrons. The Hall–Kier alpha value is -7.20. The van der Waals surface area contributed by atoms with Gasteiger partial charge in [0, 0.05) is 79.3 Å². The Labute approximate surface area is 489 Å². The normalized spacial score (nSPS) is 17.5. The number of ether oxygens (including phenoxy) is 1. The summed E-state index contributed by atoms with van der Waals surface area (Å²) in [5, 5.41) is 2.02. The van der Waals surface area contributed by atoms with E-state index in [1.165, 1.54) is 5.56 Å². The van der Waals surface area contributed by atoms with E-state index >= 15 is 0 Å². The number of pyridine rings is 1. The van der Waals surface area contributed by atoms with Crippen molar-refractivity contribution in [2.24, 2.45) is 5.92 Å². The second-order valence-corrected chi connectivity index (χ2v) is 22.7. The van der Waals surface area contributed by atoms with Gasteiger partial charge in [-0.2, -0.15) is 12.1 Å². The van der Waals surface area contributed by atoms with Crippen molar-refractivity contribution in [1.29, 1.82) is 0 Å². The van der Waals surface area contributed by atoms with Crippen molar-refractivity contribution < 1.29 is 43.6 Å². The summed E-state index contributed by atoms with van der Waals surface area (Å²) in [4.78, 5) is 8.70. The first-order valence-electron chi connectivity index (χ1n) is 32.5. The second-order valence-electron chi connectivity index (χ2n) is 22.7. The van der Waals surface area contributed by atoms with Crippen molar-refractivity contribution in [3.05, 3.63) is 222 Å². The zero-order chi connectivity index (χ0) is 63.9. The van der Waals surface area contributed by atoms with Crippen LogP contribution in [0.3, 0.4) is 0 Å². The molecular formula is C71H67N4OPt-3. The van der Waals surface area contributed by atoms with Crippen molar-refractivity contribution in [1.82, 2.24) is 9.55 Å². The third-order valence-electron chi connectivity index (χ3n) is 15.1. The molecule has 10 aromatic rings. The fourth-order valence-electron chi connectivity index (χ4n) is 11.0. The molecule has 3 heterocycles. The number of hydrogen-bond acceptors (Lipinski definition) is 4. The van der Waals surface area contributed by atoms with Gasteiger partial charge in [-0.1, -0.05) is 165 Å². The molecule has 0 N–H and O–H groups in total. The van der Waals surface area contributed by atoms with Crippen LogP contribution in [0.2, 0.25) is 0 Å². The summed E-state index contributed by atoms with van der Waals surface area (Å²) in [7, 11) is 0. The first-order valence-corrected chi connectivity index (χ1v) is 26.0. The molecule has 2 aromatic heterocycles. The van der Waals surface area contributed by atoms with Crippen LogP contribution in [0.1, 0.15) is 121 Å². The maximum absolute atomic E-state index is 9.99. The van der Waals surface area contributed by atoms with Gasteiger partial charge in [-0.3, -0.25) is 0 Å². The largest absolute Gasteiger partial charge is 0.509 e. The third kappa shape index (κ3) is 9.60. The molecule has 6 heteroatoms. The molecule has 1 aliphatic heterocycles. The number of benzene rings is 8. The molecule has 0 fully saturated rings. The molecule has 1 aliphatic carbocycles. The molecule has 77 heavy (non-hydrogen) atoms. The minimum absolute atomic E-state index is 0. The average Bonchev–Trinajstić information content (AvgIpc) is 0.942. The molecule has 0 saturated carbocycles. The summed E-state index contributed by atoms with van der Waals surface area (Å²) in [5.74, 6) is 0.980. The number of rotatable bonds is 10. The Morgan fingerprint density at radius 2 is 1.36 bits per heavy atom. The van der Waals surface area contributed by atoms with Gasteiger partial charge in [0.1, 0.15) is 5.82 Å². The fourth-order valence-corrected chi connectivity index (χ4v) is 11.0. The smallest absolute Gasteiger partial charge is 0.135 e. The summed E-state index contributed by atoms with van der Waals surface area (Å²) >= 11 is 0. The van der Waals surface area contributed by atoms with E-state index in [4.69, 9.17) is 19.3 Å². The summed E-state index contributed by atoms with van der Waals surface area (Å²) in [5.41, 5.74) is 6.11. The van der Waals surface area contributed by atoms with Crippen LogP contribution in [0, 0.1) is 31.6 Å². The summed E-state index contributed by atoms with van der Waals surface area (Å²) < 4.78 is 128. The number of anilines is 4. The van der Waals surface area contributed by atoms with Crippen molar-refractivity contribution in [3.8, 4) is 50.7 Å². The van der Waals surface area contributed by atoms with Crippen LogP contribution in [0.5, 0.6) is 11.5 Å². The van der Waals surface area contributed by atoms with Gasteiger partial charge in [-0.15, -0.1) is 48.1 Å². The maximum atomic E-state index is 9.99. The number of fused-ring (bicyclic) bond motifs is 5. The Bertz CT molecular complexity index is 4540. The summed E-state index contributed by atoms with van der Waals surface area (Å²) in [6.45, 7) is 17.7. The van der Waals surface area contributed by atoms with E-state index in [9.17, 15) is 8.22 Å². The molecule has 0 unspecified atom stereocenters. The van der Waals surface area contributed by atoms with Gasteiger partial charge in [0.2, 0.25) is 0 Å². The topological polar surface area (TPSA) is 33.5 Å². The Morgan fingerprint density at radius 3 is 2.10 bits per heavy atom. The summed E-state index contributed by atoms with van der Waals surface area (Å²) in [6.07, 6.45) is 1.67. The van der Waals surface area contributed by atoms with Crippen LogP contribution in [0.4, 0.5) is 22.7 Å². The second kappa shape index (κ2) is 20.0. The van der Waals surface area contributed by atoms with Gasteiger partial charge < -0.3 is 19.1 Å². The maximum Gasteiger partial charge on any atom is 0.135 e. The van der Waals surface area contributed by atoms with E-state index in [0.717, 1.165) is 51.6 Å². The van der Waals surface area contributed by atoms with E-state index in [2.05, 4.69) is 95.5 Å². The van der Waals surface area contributed by atoms with Crippen LogP contribution in [-0.2, 0) is 43.7 Å². The van der Waals surface area contributed by atoms with E-state index in [1.807, 2.05) is 108 Å². The van der Waals surface area contributed by atoms with Crippen LogP contribution in [0.25, 0.3) is 61.0 Å². The molecule has 390 valence electrons. The van der Waals surface area contributed by atoms with Crippen LogP contribution in [0.15, 0.2) is 176 Å². The van der Waals surface area contributed by atoms with Gasteiger partial charge in [0.15, 0.2) is 0 Å². The zero-order valence-corrected chi connectivity index (χ0v) is 47.0. The molecule has 8 aromatic carbocycles. The van der Waals surface area contributed by atoms with Crippen LogP contribution in [-0.4, -0.2) is 9.55 Å². The number of hydrogen-bond donors (Lipinski definition) is 0. The predicted octanol–water partition coefficient (Wildman–Crippen LogP) is 19.1. The SMILES string of the molecule is [2H]c1c([2H])c([2H])c(C([2H])([2H])[2H])c(-c2c([2H])c([2H])c(-c3cc(C([2H])([2H])C(C)C)cc(-c4ccc5c(c4)C(C)(C)CCC5(C)C)c3N3[CH-]N(c4[c-]c(Oc5[c-]c6c(cc5)c5ccccc5n6-c5cc(C(C)(C)C)ccn5)ccc4)c4ccccc43)c([2H])c2[2H])c1[2H].[Pt]. The van der Waals surface area contributed by atoms with Gasteiger partial charge in [-0.05, 0) is 146 Å². The first kappa shape index (κ1) is 38.4. The van der Waals surface area contributed by atoms with Crippen molar-refractivity contribution >= 4 is 44.6 Å². The Balaban J connectivity index is 0.00000833. The molecule has 0 atom stereocenters. The average molecular weight is 1200 g/mol. The third-order valence-corrected chi connectivity index (χ3v) is 15.1. The standard InChI is InChI=1S/C71H67N4O.Pt/c1-46(2)38-48-39-59(50-28-26-49(27-29-50)56-21-12-11-18-47(56)3)68(60(40-48)51-30-33-61-62(41-51)71(9,10)36-35-70(61,7)8)74-45-73(64-24-15-16-25-65(64)74)53-19-17-20-54(43-53)76-55-31-32-58-57-22-13-14-23-63(57)75(66(58)44-55)67-42-52(34-37-72-67)69(4,5)6;/h11-34,37,39-42,45-46H,35-36,38H2,1-10H3;/q-3;/i3D3,11D,12D,18D,21D,26D,27D,28D,29D,38D2;. The Kier molecular flexibility index (Phi) is 9.96. The monoisotopic (exact) mass is 1200 g/mol. The molecular weight excluding hydrogens is 1120 g/mol. The molecule has 12 rings (SSSR count). The molecule has 5 nitrogen and oxygen atoms in total. The van der Waals surface area contributed by atoms with Crippen molar-refractivity contribution in [3.63, 3.8) is 0 Å². The quantitative estimate of drug-likeness (QED) is 0.128.